The molecule has 0 bridgehead atoms. The number of benzene rings is 1. The van der Waals surface area contributed by atoms with Crippen molar-refractivity contribution < 1.29 is 4.79 Å². The Labute approximate surface area is 130 Å². The maximum atomic E-state index is 12.9. The second-order valence-electron chi connectivity index (χ2n) is 6.26. The molecule has 0 spiro atoms. The second kappa shape index (κ2) is 6.29. The highest BCUT2D eigenvalue weighted by atomic mass is 32.1. The Bertz CT molecular complexity index is 623. The van der Waals surface area contributed by atoms with Gasteiger partial charge in [-0.25, -0.2) is 0 Å². The van der Waals surface area contributed by atoms with Gasteiger partial charge in [0.15, 0.2) is 0 Å². The molecule has 0 amide bonds. The van der Waals surface area contributed by atoms with Gasteiger partial charge in [-0.15, -0.1) is 11.3 Å². The molecule has 3 rings (SSSR count). The van der Waals surface area contributed by atoms with Crippen LogP contribution < -0.4 is 5.73 Å². The molecule has 2 aromatic rings. The predicted molar refractivity (Wildman–Crippen MR) is 89.7 cm³/mol. The number of hydrogen-bond donors (Lipinski definition) is 1. The van der Waals surface area contributed by atoms with E-state index in [1.165, 1.54) is 28.5 Å². The molecule has 21 heavy (non-hydrogen) atoms. The van der Waals surface area contributed by atoms with Crippen molar-refractivity contribution in [2.45, 2.75) is 44.9 Å². The van der Waals surface area contributed by atoms with E-state index in [1.54, 1.807) is 11.3 Å². The summed E-state index contributed by atoms with van der Waals surface area (Å²) in [5.41, 5.74) is 6.95. The number of Topliss-reactive ketones (excluding diaryl/α,β-unsaturated/α-hetero) is 1. The smallest absolute Gasteiger partial charge is 0.144 e. The Kier molecular flexibility index (Phi) is 4.41. The van der Waals surface area contributed by atoms with Gasteiger partial charge in [0.2, 0.25) is 0 Å². The Morgan fingerprint density at radius 2 is 1.86 bits per heavy atom. The lowest BCUT2D eigenvalue weighted by Crippen LogP contribution is -2.39. The molecule has 3 heteroatoms. The molecule has 112 valence electrons. The summed E-state index contributed by atoms with van der Waals surface area (Å²) in [6.45, 7) is 0.508. The first-order valence-corrected chi connectivity index (χ1v) is 8.82. The first-order valence-electron chi connectivity index (χ1n) is 7.94. The Balaban J connectivity index is 1.84. The van der Waals surface area contributed by atoms with Crippen LogP contribution in [0.1, 0.15) is 44.1 Å². The highest BCUT2D eigenvalue weighted by molar-refractivity contribution is 7.17. The Morgan fingerprint density at radius 3 is 2.57 bits per heavy atom. The van der Waals surface area contributed by atoms with Gasteiger partial charge in [-0.1, -0.05) is 43.9 Å². The summed E-state index contributed by atoms with van der Waals surface area (Å²) >= 11 is 1.73. The summed E-state index contributed by atoms with van der Waals surface area (Å²) in [7, 11) is 0. The number of ketones is 1. The lowest BCUT2D eigenvalue weighted by molar-refractivity contribution is -0.128. The molecule has 0 radical (unpaired) electrons. The van der Waals surface area contributed by atoms with Gasteiger partial charge in [-0.05, 0) is 35.2 Å². The van der Waals surface area contributed by atoms with Crippen molar-refractivity contribution in [3.05, 3.63) is 35.2 Å². The Hall–Kier alpha value is -1.19. The zero-order valence-corrected chi connectivity index (χ0v) is 13.3. The largest absolute Gasteiger partial charge is 0.329 e. The molecule has 1 heterocycles. The minimum atomic E-state index is -0.264. The molecular formula is C18H23NOS. The minimum Gasteiger partial charge on any atom is -0.329 e. The van der Waals surface area contributed by atoms with Gasteiger partial charge in [0, 0.05) is 23.1 Å². The number of carbonyl (C=O) groups excluding carboxylic acids is 1. The number of rotatable bonds is 4. The third kappa shape index (κ3) is 2.90. The van der Waals surface area contributed by atoms with E-state index in [4.69, 9.17) is 5.73 Å². The monoisotopic (exact) mass is 301 g/mol. The van der Waals surface area contributed by atoms with Crippen LogP contribution in [-0.4, -0.2) is 12.3 Å². The summed E-state index contributed by atoms with van der Waals surface area (Å²) < 4.78 is 1.27. The summed E-state index contributed by atoms with van der Waals surface area (Å²) in [6, 6.07) is 8.35. The first kappa shape index (κ1) is 14.7. The molecule has 1 aliphatic rings. The van der Waals surface area contributed by atoms with E-state index in [9.17, 15) is 4.79 Å². The van der Waals surface area contributed by atoms with Crippen molar-refractivity contribution in [2.75, 3.05) is 6.54 Å². The first-order chi connectivity index (χ1) is 10.2. The molecule has 0 atom stereocenters. The van der Waals surface area contributed by atoms with E-state index in [-0.39, 0.29) is 5.41 Å². The van der Waals surface area contributed by atoms with Crippen molar-refractivity contribution in [3.63, 3.8) is 0 Å². The molecule has 1 fully saturated rings. The number of hydrogen-bond acceptors (Lipinski definition) is 3. The number of fused-ring (bicyclic) bond motifs is 1. The number of carbonyl (C=O) groups is 1. The Morgan fingerprint density at radius 1 is 1.14 bits per heavy atom. The van der Waals surface area contributed by atoms with Crippen molar-refractivity contribution in [1.29, 1.82) is 0 Å². The quantitative estimate of drug-likeness (QED) is 0.855. The van der Waals surface area contributed by atoms with Crippen LogP contribution in [0.15, 0.2) is 29.6 Å². The van der Waals surface area contributed by atoms with Gasteiger partial charge in [0.05, 0.1) is 0 Å². The molecule has 2 nitrogen and oxygen atoms in total. The van der Waals surface area contributed by atoms with Gasteiger partial charge in [0.25, 0.3) is 0 Å². The molecule has 0 unspecified atom stereocenters. The van der Waals surface area contributed by atoms with Gasteiger partial charge >= 0.3 is 0 Å². The third-order valence-corrected chi connectivity index (χ3v) is 5.97. The summed E-state index contributed by atoms with van der Waals surface area (Å²) in [5, 5.41) is 3.38. The molecule has 1 aromatic heterocycles. The highest BCUT2D eigenvalue weighted by Gasteiger charge is 2.36. The van der Waals surface area contributed by atoms with Crippen LogP contribution in [0.25, 0.3) is 10.1 Å². The van der Waals surface area contributed by atoms with E-state index < -0.39 is 0 Å². The fraction of sp³-hybridized carbons (Fsp3) is 0.500. The molecular weight excluding hydrogens is 278 g/mol. The van der Waals surface area contributed by atoms with Crippen LogP contribution in [0.4, 0.5) is 0 Å². The van der Waals surface area contributed by atoms with Crippen LogP contribution in [0.2, 0.25) is 0 Å². The standard InChI is InChI=1S/C18H23NOS/c19-13-18(9-5-1-2-6-10-18)17(20)11-14-12-21-16-8-4-3-7-15(14)16/h3-4,7-8,12H,1-2,5-6,9-11,13,19H2. The normalized spacial score (nSPS) is 18.5. The van der Waals surface area contributed by atoms with Crippen molar-refractivity contribution in [3.8, 4) is 0 Å². The van der Waals surface area contributed by atoms with Crippen molar-refractivity contribution in [1.82, 2.24) is 0 Å². The average molecular weight is 301 g/mol. The molecule has 2 N–H and O–H groups in total. The maximum Gasteiger partial charge on any atom is 0.144 e. The summed E-state index contributed by atoms with van der Waals surface area (Å²) in [4.78, 5) is 12.9. The van der Waals surface area contributed by atoms with E-state index in [1.807, 2.05) is 6.07 Å². The summed E-state index contributed by atoms with van der Waals surface area (Å²) in [5.74, 6) is 0.357. The van der Waals surface area contributed by atoms with Crippen LogP contribution in [0.3, 0.4) is 0 Å². The van der Waals surface area contributed by atoms with Gasteiger partial charge < -0.3 is 5.73 Å². The van der Waals surface area contributed by atoms with Gasteiger partial charge in [0.1, 0.15) is 5.78 Å². The van der Waals surface area contributed by atoms with E-state index in [2.05, 4.69) is 23.6 Å². The van der Waals surface area contributed by atoms with Crippen LogP contribution >= 0.6 is 11.3 Å². The molecule has 1 saturated carbocycles. The SMILES string of the molecule is NCC1(C(=O)Cc2csc3ccccc23)CCCCCC1. The maximum absolute atomic E-state index is 12.9. The topological polar surface area (TPSA) is 43.1 Å². The molecule has 0 aliphatic heterocycles. The molecule has 1 aliphatic carbocycles. The fourth-order valence-corrected chi connectivity index (χ4v) is 4.50. The zero-order valence-electron chi connectivity index (χ0n) is 12.4. The second-order valence-corrected chi connectivity index (χ2v) is 7.17. The third-order valence-electron chi connectivity index (χ3n) is 4.96. The fourth-order valence-electron chi connectivity index (χ4n) is 3.53. The van der Waals surface area contributed by atoms with E-state index in [0.29, 0.717) is 18.7 Å². The summed E-state index contributed by atoms with van der Waals surface area (Å²) in [6.07, 6.45) is 7.28. The van der Waals surface area contributed by atoms with Crippen molar-refractivity contribution >= 4 is 27.2 Å². The van der Waals surface area contributed by atoms with E-state index in [0.717, 1.165) is 25.7 Å². The molecule has 1 aromatic carbocycles. The van der Waals surface area contributed by atoms with Crippen molar-refractivity contribution in [2.24, 2.45) is 11.1 Å². The van der Waals surface area contributed by atoms with Crippen LogP contribution in [0, 0.1) is 5.41 Å². The van der Waals surface area contributed by atoms with Crippen LogP contribution in [0.5, 0.6) is 0 Å². The molecule has 0 saturated heterocycles. The lowest BCUT2D eigenvalue weighted by atomic mass is 9.75. The zero-order chi connectivity index (χ0) is 14.7. The minimum absolute atomic E-state index is 0.264. The number of thiophene rings is 1. The highest BCUT2D eigenvalue weighted by Crippen LogP contribution is 2.37. The van der Waals surface area contributed by atoms with Gasteiger partial charge in [-0.3, -0.25) is 4.79 Å². The van der Waals surface area contributed by atoms with E-state index >= 15 is 0 Å². The van der Waals surface area contributed by atoms with Gasteiger partial charge in [-0.2, -0.15) is 0 Å². The number of nitrogens with two attached hydrogens (primary N) is 1. The lowest BCUT2D eigenvalue weighted by Gasteiger charge is -2.29. The van der Waals surface area contributed by atoms with Crippen LogP contribution in [-0.2, 0) is 11.2 Å². The average Bonchev–Trinajstić information content (AvgIpc) is 2.76. The predicted octanol–water partition coefficient (Wildman–Crippen LogP) is 4.31.